The topological polar surface area (TPSA) is 324 Å². The molecule has 12 N–H and O–H groups in total. The average Bonchev–Trinajstić information content (AvgIpc) is 3.73. The molecule has 0 unspecified atom stereocenters. The van der Waals surface area contributed by atoms with Gasteiger partial charge in [-0.15, -0.1) is 0 Å². The van der Waals surface area contributed by atoms with Gasteiger partial charge in [0.1, 0.15) is 79.0 Å². The van der Waals surface area contributed by atoms with Crippen LogP contribution in [0.2, 0.25) is 0 Å². The van der Waals surface area contributed by atoms with E-state index >= 15 is 0 Å². The van der Waals surface area contributed by atoms with Gasteiger partial charge < -0.3 is 94.4 Å². The number of fused-ring (bicyclic) bond motifs is 7. The van der Waals surface area contributed by atoms with Crippen molar-refractivity contribution in [2.75, 3.05) is 26.4 Å². The largest absolute Gasteiger partial charge is 0.394 e. The minimum absolute atomic E-state index is 0.0765. The Morgan fingerprint density at radius 3 is 1.92 bits per heavy atom. The number of ether oxygens (including phenoxy) is 7. The van der Waals surface area contributed by atoms with Crippen molar-refractivity contribution in [1.29, 1.82) is 0 Å². The van der Waals surface area contributed by atoms with Crippen LogP contribution in [0.15, 0.2) is 0 Å². The molecule has 20 heteroatoms. The van der Waals surface area contributed by atoms with Crippen molar-refractivity contribution in [1.82, 2.24) is 0 Å². The SMILES string of the molecule is C[C@H](CC[C@@]1(O)O[C@H]2C[C@H]3[C@@H]4CC[C@H]5C[C@@H](O[C@@H]6O[C@H](CO)[C@H](O)[C@H](O)[C@H]6O[C@@H]6O[C@H](CO)[C@@H](O)[C@H](O)[C@H]6O)CC[C@]5(C)[C@H]4CC(=O)[C@]3(C)[C@H]2[C@@H]1C)CO[C@@H]1O[C@H](CO)[C@@H](O)[C@H](O)[C@H]1O. The lowest BCUT2D eigenvalue weighted by Crippen LogP contribution is -2.65. The van der Waals surface area contributed by atoms with E-state index in [0.717, 1.165) is 19.3 Å². The van der Waals surface area contributed by atoms with Crippen molar-refractivity contribution in [2.45, 2.75) is 196 Å². The Hall–Kier alpha value is -1.09. The Balaban J connectivity index is 0.887. The molecule has 27 atom stereocenters. The quantitative estimate of drug-likeness (QED) is 0.0843. The predicted octanol–water partition coefficient (Wildman–Crippen LogP) is -2.60. The standard InChI is InChI=1S/C45H74O20/c1-18(17-59-40-37(56)34(53)31(50)26(14-46)61-40)7-10-45(58)19(2)30-25(65-45)12-24-22-6-5-20-11-21(8-9-43(20,3)23(22)13-29(49)44(24,30)4)60-42-39(36(55)33(52)28(16-48)63-42)64-41-38(57)35(54)32(51)27(15-47)62-41/h18-28,30-42,46-48,50-58H,5-17H2,1-4H3/t18-,19+,20+,21+,22-,23+,24+,25+,26-,27-,28-,30+,31-,32-,33+,34+,35+,36+,37-,38-,39-,40-,41+,42-,43+,44-,45-/m1/s1. The number of carbonyl (C=O) groups excluding carboxylic acids is 1. The lowest BCUT2D eigenvalue weighted by molar-refractivity contribution is -0.373. The van der Waals surface area contributed by atoms with E-state index < -0.39 is 129 Å². The van der Waals surface area contributed by atoms with Crippen LogP contribution in [0, 0.1) is 52.3 Å². The van der Waals surface area contributed by atoms with Crippen LogP contribution in [-0.4, -0.2) is 204 Å². The van der Waals surface area contributed by atoms with Crippen LogP contribution in [0.4, 0.5) is 0 Å². The molecule has 4 saturated carbocycles. The molecule has 8 fully saturated rings. The maximum Gasteiger partial charge on any atom is 0.187 e. The van der Waals surface area contributed by atoms with Gasteiger partial charge in [-0.1, -0.05) is 27.7 Å². The summed E-state index contributed by atoms with van der Waals surface area (Å²) < 4.78 is 41.7. The zero-order valence-corrected chi connectivity index (χ0v) is 37.7. The first-order chi connectivity index (χ1) is 30.7. The van der Waals surface area contributed by atoms with Crippen LogP contribution in [0.25, 0.3) is 0 Å². The minimum Gasteiger partial charge on any atom is -0.394 e. The van der Waals surface area contributed by atoms with Crippen LogP contribution < -0.4 is 0 Å². The molecule has 4 aliphatic heterocycles. The first-order valence-electron chi connectivity index (χ1n) is 23.8. The van der Waals surface area contributed by atoms with Crippen molar-refractivity contribution in [3.63, 3.8) is 0 Å². The van der Waals surface area contributed by atoms with Gasteiger partial charge in [-0.3, -0.25) is 4.79 Å². The molecule has 0 amide bonds. The molecule has 0 bridgehead atoms. The molecule has 0 radical (unpaired) electrons. The molecule has 0 aromatic rings. The van der Waals surface area contributed by atoms with E-state index in [1.807, 2.05) is 13.8 Å². The predicted molar refractivity (Wildman–Crippen MR) is 219 cm³/mol. The average molecular weight is 935 g/mol. The van der Waals surface area contributed by atoms with Crippen molar-refractivity contribution in [3.05, 3.63) is 0 Å². The molecule has 0 aromatic carbocycles. The molecular formula is C45H74O20. The summed E-state index contributed by atoms with van der Waals surface area (Å²) in [4.78, 5) is 14.7. The second-order valence-electron chi connectivity index (χ2n) is 21.3. The third-order valence-electron chi connectivity index (χ3n) is 17.9. The molecule has 20 nitrogen and oxygen atoms in total. The van der Waals surface area contributed by atoms with E-state index in [1.54, 1.807) is 0 Å². The van der Waals surface area contributed by atoms with E-state index in [0.29, 0.717) is 32.1 Å². The van der Waals surface area contributed by atoms with Gasteiger partial charge in [-0.05, 0) is 80.0 Å². The van der Waals surface area contributed by atoms with Gasteiger partial charge in [0.25, 0.3) is 0 Å². The number of aliphatic hydroxyl groups is 12. The normalized spacial score (nSPS) is 55.0. The van der Waals surface area contributed by atoms with Crippen LogP contribution >= 0.6 is 0 Å². The second kappa shape index (κ2) is 19.3. The summed E-state index contributed by atoms with van der Waals surface area (Å²) in [6, 6.07) is 0. The molecule has 374 valence electrons. The number of ketones is 1. The Kier molecular flexibility index (Phi) is 14.9. The Bertz CT molecular complexity index is 1640. The van der Waals surface area contributed by atoms with Crippen LogP contribution in [0.3, 0.4) is 0 Å². The molecule has 0 aromatic heterocycles. The van der Waals surface area contributed by atoms with Gasteiger partial charge in [0.15, 0.2) is 24.7 Å². The highest BCUT2D eigenvalue weighted by molar-refractivity contribution is 5.87. The zero-order valence-electron chi connectivity index (χ0n) is 37.7. The van der Waals surface area contributed by atoms with Gasteiger partial charge in [-0.2, -0.15) is 0 Å². The van der Waals surface area contributed by atoms with Crippen molar-refractivity contribution in [2.24, 2.45) is 52.3 Å². The monoisotopic (exact) mass is 934 g/mol. The molecule has 4 saturated heterocycles. The summed E-state index contributed by atoms with van der Waals surface area (Å²) in [6.45, 7) is 6.47. The number of hydrogen-bond acceptors (Lipinski definition) is 20. The molecule has 0 spiro atoms. The lowest BCUT2D eigenvalue weighted by Gasteiger charge is -2.60. The number of aliphatic hydroxyl groups excluding tert-OH is 11. The number of hydrogen-bond donors (Lipinski definition) is 12. The summed E-state index contributed by atoms with van der Waals surface area (Å²) in [5.41, 5.74) is -0.874. The van der Waals surface area contributed by atoms with Gasteiger partial charge in [0, 0.05) is 30.1 Å². The third-order valence-corrected chi connectivity index (χ3v) is 17.9. The maximum absolute atomic E-state index is 14.7. The summed E-state index contributed by atoms with van der Waals surface area (Å²) in [5, 5.41) is 125. The van der Waals surface area contributed by atoms with E-state index in [-0.39, 0.29) is 71.8 Å². The van der Waals surface area contributed by atoms with Crippen LogP contribution in [0.5, 0.6) is 0 Å². The Morgan fingerprint density at radius 1 is 0.708 bits per heavy atom. The number of carbonyl (C=O) groups is 1. The maximum atomic E-state index is 14.7. The molecular weight excluding hydrogens is 860 g/mol. The van der Waals surface area contributed by atoms with Crippen LogP contribution in [0.1, 0.15) is 85.5 Å². The van der Waals surface area contributed by atoms with Crippen molar-refractivity contribution < 1.29 is 99.2 Å². The highest BCUT2D eigenvalue weighted by atomic mass is 16.8. The summed E-state index contributed by atoms with van der Waals surface area (Å²) in [5.74, 6) is -1.26. The van der Waals surface area contributed by atoms with Crippen LogP contribution in [-0.2, 0) is 38.0 Å². The van der Waals surface area contributed by atoms with E-state index in [4.69, 9.17) is 33.2 Å². The smallest absolute Gasteiger partial charge is 0.187 e. The molecule has 4 heterocycles. The highest BCUT2D eigenvalue weighted by Gasteiger charge is 2.71. The van der Waals surface area contributed by atoms with Crippen molar-refractivity contribution in [3.8, 4) is 0 Å². The second-order valence-corrected chi connectivity index (χ2v) is 21.3. The fourth-order valence-electron chi connectivity index (χ4n) is 13.8. The van der Waals surface area contributed by atoms with E-state index in [1.165, 1.54) is 0 Å². The molecule has 8 rings (SSSR count). The first kappa shape index (κ1) is 50.3. The lowest BCUT2D eigenvalue weighted by atomic mass is 9.44. The van der Waals surface area contributed by atoms with Crippen molar-refractivity contribution >= 4 is 5.78 Å². The zero-order chi connectivity index (χ0) is 47.1. The minimum atomic E-state index is -1.78. The number of Topliss-reactive ketones (excluding diaryl/α,β-unsaturated/α-hetero) is 1. The van der Waals surface area contributed by atoms with E-state index in [9.17, 15) is 66.1 Å². The van der Waals surface area contributed by atoms with Gasteiger partial charge in [0.2, 0.25) is 0 Å². The third kappa shape index (κ3) is 8.69. The van der Waals surface area contributed by atoms with Gasteiger partial charge in [0.05, 0.1) is 38.6 Å². The van der Waals surface area contributed by atoms with Gasteiger partial charge >= 0.3 is 0 Å². The Labute approximate surface area is 378 Å². The highest BCUT2D eigenvalue weighted by Crippen LogP contribution is 2.70. The molecule has 65 heavy (non-hydrogen) atoms. The fraction of sp³-hybridized carbons (Fsp3) is 0.978. The summed E-state index contributed by atoms with van der Waals surface area (Å²) >= 11 is 0. The fourth-order valence-corrected chi connectivity index (χ4v) is 13.8. The number of rotatable bonds is 13. The Morgan fingerprint density at radius 2 is 1.29 bits per heavy atom. The van der Waals surface area contributed by atoms with Gasteiger partial charge in [-0.25, -0.2) is 0 Å². The summed E-state index contributed by atoms with van der Waals surface area (Å²) in [7, 11) is 0. The van der Waals surface area contributed by atoms with E-state index in [2.05, 4.69) is 13.8 Å². The summed E-state index contributed by atoms with van der Waals surface area (Å²) in [6.07, 6.45) is -17.4. The first-order valence-corrected chi connectivity index (χ1v) is 23.8. The molecule has 8 aliphatic rings. The molecule has 4 aliphatic carbocycles.